The molecular formula is C18H28N2O9. The molecule has 1 unspecified atom stereocenters. The number of nitrogens with two attached hydrogens (primary N) is 1. The third-order valence-electron chi connectivity index (χ3n) is 4.83. The number of carbonyl (C=O) groups is 2. The molecule has 11 nitrogen and oxygen atoms in total. The van der Waals surface area contributed by atoms with Gasteiger partial charge in [-0.2, -0.15) is 0 Å². The second-order valence-corrected chi connectivity index (χ2v) is 7.03. The lowest BCUT2D eigenvalue weighted by molar-refractivity contribution is -0.277. The number of aromatic nitrogens is 1. The van der Waals surface area contributed by atoms with Crippen molar-refractivity contribution >= 4 is 11.8 Å². The molecule has 29 heavy (non-hydrogen) atoms. The van der Waals surface area contributed by atoms with E-state index in [-0.39, 0.29) is 17.2 Å². The van der Waals surface area contributed by atoms with Gasteiger partial charge in [0.05, 0.1) is 6.61 Å². The molecular weight excluding hydrogens is 388 g/mol. The number of unbranched alkanes of at least 4 members (excludes halogenated alkanes) is 1. The maximum Gasteiger partial charge on any atom is 0.320 e. The molecule has 1 aromatic heterocycles. The summed E-state index contributed by atoms with van der Waals surface area (Å²) < 4.78 is 12.5. The zero-order valence-electron chi connectivity index (χ0n) is 16.0. The minimum Gasteiger partial charge on any atom is -0.480 e. The van der Waals surface area contributed by atoms with Crippen molar-refractivity contribution in [3.05, 3.63) is 18.0 Å². The van der Waals surface area contributed by atoms with Gasteiger partial charge in [-0.3, -0.25) is 9.59 Å². The van der Waals surface area contributed by atoms with Crippen LogP contribution in [-0.2, 0) is 16.1 Å². The van der Waals surface area contributed by atoms with Gasteiger partial charge in [-0.1, -0.05) is 0 Å². The van der Waals surface area contributed by atoms with E-state index < -0.39 is 49.3 Å². The van der Waals surface area contributed by atoms with E-state index in [2.05, 4.69) is 0 Å². The van der Waals surface area contributed by atoms with Crippen molar-refractivity contribution in [2.45, 2.75) is 69.5 Å². The molecule has 1 fully saturated rings. The smallest absolute Gasteiger partial charge is 0.320 e. The molecule has 2 rings (SSSR count). The Bertz CT molecular complexity index is 706. The molecule has 0 bridgehead atoms. The van der Waals surface area contributed by atoms with Crippen LogP contribution in [0, 0.1) is 0 Å². The summed E-state index contributed by atoms with van der Waals surface area (Å²) in [5.74, 6) is -1.26. The van der Waals surface area contributed by atoms with Gasteiger partial charge in [-0.05, 0) is 25.3 Å². The largest absolute Gasteiger partial charge is 0.480 e. The van der Waals surface area contributed by atoms with Gasteiger partial charge in [0.25, 0.3) is 0 Å². The first-order valence-electron chi connectivity index (χ1n) is 9.33. The number of Topliss-reactive ketones (excluding diaryl/α,β-unsaturated/α-hetero) is 1. The second-order valence-electron chi connectivity index (χ2n) is 7.03. The minimum atomic E-state index is -1.59. The molecule has 1 aliphatic rings. The summed E-state index contributed by atoms with van der Waals surface area (Å²) in [6, 6.07) is 0.568. The molecule has 2 heterocycles. The summed E-state index contributed by atoms with van der Waals surface area (Å²) in [7, 11) is 0. The van der Waals surface area contributed by atoms with Crippen LogP contribution in [0.25, 0.3) is 0 Å². The van der Waals surface area contributed by atoms with E-state index in [1.54, 1.807) is 10.8 Å². The molecule has 164 valence electrons. The van der Waals surface area contributed by atoms with Gasteiger partial charge in [0, 0.05) is 19.7 Å². The van der Waals surface area contributed by atoms with Gasteiger partial charge in [-0.25, -0.2) is 0 Å². The highest BCUT2D eigenvalue weighted by Crippen LogP contribution is 2.28. The Labute approximate surface area is 167 Å². The molecule has 0 saturated carbocycles. The van der Waals surface area contributed by atoms with Crippen LogP contribution < -0.4 is 10.5 Å². The van der Waals surface area contributed by atoms with Gasteiger partial charge >= 0.3 is 5.97 Å². The predicted octanol–water partition coefficient (Wildman–Crippen LogP) is -1.55. The Morgan fingerprint density at radius 3 is 2.52 bits per heavy atom. The Morgan fingerprint density at radius 2 is 1.93 bits per heavy atom. The quantitative estimate of drug-likeness (QED) is 0.193. The summed E-state index contributed by atoms with van der Waals surface area (Å²) in [5.41, 5.74) is 5.68. The lowest BCUT2D eigenvalue weighted by Gasteiger charge is -2.39. The van der Waals surface area contributed by atoms with Crippen LogP contribution in [0.15, 0.2) is 12.3 Å². The number of rotatable bonds is 10. The van der Waals surface area contributed by atoms with Gasteiger partial charge in [0.1, 0.15) is 36.2 Å². The van der Waals surface area contributed by atoms with E-state index >= 15 is 0 Å². The van der Waals surface area contributed by atoms with E-state index in [0.29, 0.717) is 25.8 Å². The van der Waals surface area contributed by atoms with Crippen molar-refractivity contribution in [3.63, 3.8) is 0 Å². The summed E-state index contributed by atoms with van der Waals surface area (Å²) in [6.07, 6.45) is -4.17. The minimum absolute atomic E-state index is 0.115. The molecule has 0 aromatic carbocycles. The average Bonchev–Trinajstić information content (AvgIpc) is 3.08. The van der Waals surface area contributed by atoms with E-state index in [0.717, 1.165) is 0 Å². The Balaban J connectivity index is 2.06. The Morgan fingerprint density at radius 1 is 1.24 bits per heavy atom. The maximum atomic E-state index is 12.1. The average molecular weight is 416 g/mol. The fourth-order valence-corrected chi connectivity index (χ4v) is 3.17. The third-order valence-corrected chi connectivity index (χ3v) is 4.83. The number of ketones is 1. The molecule has 0 amide bonds. The van der Waals surface area contributed by atoms with Crippen LogP contribution >= 0.6 is 0 Å². The van der Waals surface area contributed by atoms with Gasteiger partial charge in [-0.15, -0.1) is 0 Å². The van der Waals surface area contributed by atoms with E-state index in [4.69, 9.17) is 20.3 Å². The van der Waals surface area contributed by atoms with E-state index in [9.17, 15) is 30.0 Å². The molecule has 11 heteroatoms. The molecule has 1 saturated heterocycles. The number of carboxylic acid groups (broad SMARTS) is 1. The monoisotopic (exact) mass is 416 g/mol. The highest BCUT2D eigenvalue weighted by Gasteiger charge is 2.45. The zero-order chi connectivity index (χ0) is 21.7. The van der Waals surface area contributed by atoms with Crippen molar-refractivity contribution in [1.82, 2.24) is 4.57 Å². The molecule has 1 aliphatic heterocycles. The number of aliphatic carboxylic acids is 1. The number of hydrogen-bond acceptors (Lipinski definition) is 9. The fourth-order valence-electron chi connectivity index (χ4n) is 3.17. The first-order valence-corrected chi connectivity index (χ1v) is 9.33. The predicted molar refractivity (Wildman–Crippen MR) is 98.3 cm³/mol. The second kappa shape index (κ2) is 10.1. The van der Waals surface area contributed by atoms with Crippen molar-refractivity contribution in [2.75, 3.05) is 6.61 Å². The first kappa shape index (κ1) is 23.3. The van der Waals surface area contributed by atoms with Crippen LogP contribution in [0.1, 0.15) is 36.7 Å². The van der Waals surface area contributed by atoms with E-state index in [1.165, 1.54) is 13.0 Å². The Hall–Kier alpha value is -2.02. The summed E-state index contributed by atoms with van der Waals surface area (Å²) in [5, 5.41) is 47.8. The zero-order valence-corrected chi connectivity index (χ0v) is 16.0. The molecule has 0 radical (unpaired) electrons. The number of aliphatic hydroxyl groups is 4. The van der Waals surface area contributed by atoms with Crippen LogP contribution in [0.4, 0.5) is 0 Å². The number of carboxylic acids is 1. The molecule has 0 spiro atoms. The number of ether oxygens (including phenoxy) is 2. The topological polar surface area (TPSA) is 185 Å². The highest BCUT2D eigenvalue weighted by molar-refractivity contribution is 5.95. The van der Waals surface area contributed by atoms with Crippen LogP contribution in [0.2, 0.25) is 0 Å². The molecule has 0 aliphatic carbocycles. The normalized spacial score (nSPS) is 28.1. The third kappa shape index (κ3) is 5.53. The highest BCUT2D eigenvalue weighted by atomic mass is 16.7. The van der Waals surface area contributed by atoms with Crippen molar-refractivity contribution in [1.29, 1.82) is 0 Å². The maximum absolute atomic E-state index is 12.1. The first-order chi connectivity index (χ1) is 13.7. The van der Waals surface area contributed by atoms with Crippen molar-refractivity contribution < 1.29 is 44.6 Å². The van der Waals surface area contributed by atoms with Gasteiger partial charge in [0.15, 0.2) is 11.5 Å². The van der Waals surface area contributed by atoms with Gasteiger partial charge < -0.3 is 45.3 Å². The van der Waals surface area contributed by atoms with Crippen LogP contribution in [-0.4, -0.2) is 85.2 Å². The summed E-state index contributed by atoms with van der Waals surface area (Å²) in [4.78, 5) is 22.8. The molecule has 1 aromatic rings. The SMILES string of the molecule is CC(=O)c1c(O[C@@H]2O[C@H](CO)[C@H](O)[C@H](O)[C@H]2O)ccn1CCCCC(N)C(=O)O. The lowest BCUT2D eigenvalue weighted by Crippen LogP contribution is -2.60. The molecule has 7 N–H and O–H groups in total. The van der Waals surface area contributed by atoms with Gasteiger partial charge in [0.2, 0.25) is 6.29 Å². The number of carbonyl (C=O) groups excluding carboxylic acids is 1. The molecule has 6 atom stereocenters. The van der Waals surface area contributed by atoms with Crippen molar-refractivity contribution in [2.24, 2.45) is 5.73 Å². The standard InChI is InChI=1S/C18H28N2O9/c1-9(22)13-11(5-7-20(13)6-3-2-4-10(19)17(26)27)28-18-16(25)15(24)14(23)12(8-21)29-18/h5,7,10,12,14-16,18,21,23-25H,2-4,6,8,19H2,1H3,(H,26,27)/t10?,12-,14+,15+,16-,18-/m1/s1. The number of hydrogen-bond donors (Lipinski definition) is 6. The Kier molecular flexibility index (Phi) is 8.14. The number of nitrogens with zero attached hydrogens (tertiary/aromatic N) is 1. The number of aliphatic hydroxyl groups excluding tert-OH is 4. The summed E-state index contributed by atoms with van der Waals surface area (Å²) >= 11 is 0. The lowest BCUT2D eigenvalue weighted by atomic mass is 9.99. The summed E-state index contributed by atoms with van der Waals surface area (Å²) in [6.45, 7) is 1.16. The van der Waals surface area contributed by atoms with Crippen LogP contribution in [0.3, 0.4) is 0 Å². The fraction of sp³-hybridized carbons (Fsp3) is 0.667. The number of aryl methyl sites for hydroxylation is 1. The van der Waals surface area contributed by atoms with Crippen LogP contribution in [0.5, 0.6) is 5.75 Å². The van der Waals surface area contributed by atoms with Crippen molar-refractivity contribution in [3.8, 4) is 5.75 Å². The van der Waals surface area contributed by atoms with E-state index in [1.807, 2.05) is 0 Å².